The van der Waals surface area contributed by atoms with Crippen LogP contribution in [0.25, 0.3) is 0 Å². The van der Waals surface area contributed by atoms with E-state index in [1.807, 2.05) is 38.3 Å². The Bertz CT molecular complexity index is 207. The van der Waals surface area contributed by atoms with Crippen molar-refractivity contribution in [3.8, 4) is 0 Å². The van der Waals surface area contributed by atoms with Crippen molar-refractivity contribution in [2.24, 2.45) is 4.99 Å². The van der Waals surface area contributed by atoms with E-state index in [1.165, 1.54) is 0 Å². The highest BCUT2D eigenvalue weighted by Crippen LogP contribution is 1.99. The molecule has 0 bridgehead atoms. The van der Waals surface area contributed by atoms with Gasteiger partial charge in [0.2, 0.25) is 0 Å². The van der Waals surface area contributed by atoms with Gasteiger partial charge in [0, 0.05) is 13.3 Å². The average Bonchev–Trinajstić information content (AvgIpc) is 1.87. The third-order valence-electron chi connectivity index (χ3n) is 1.13. The van der Waals surface area contributed by atoms with Gasteiger partial charge in [-0.15, -0.1) is 0 Å². The van der Waals surface area contributed by atoms with E-state index in [9.17, 15) is 0 Å². The molecule has 1 nitrogen and oxygen atoms in total. The summed E-state index contributed by atoms with van der Waals surface area (Å²) in [6, 6.07) is 0. The Labute approximate surface area is 68.9 Å². The van der Waals surface area contributed by atoms with Crippen molar-refractivity contribution in [1.82, 2.24) is 0 Å². The molecule has 0 aromatic heterocycles. The second kappa shape index (κ2) is 5.66. The molecule has 0 aliphatic carbocycles. The van der Waals surface area contributed by atoms with Gasteiger partial charge in [-0.25, -0.2) is 0 Å². The average molecular weight is 149 g/mol. The van der Waals surface area contributed by atoms with Gasteiger partial charge >= 0.3 is 0 Å². The van der Waals surface area contributed by atoms with Gasteiger partial charge in [-0.2, -0.15) is 0 Å². The van der Waals surface area contributed by atoms with Gasteiger partial charge in [-0.05, 0) is 25.0 Å². The van der Waals surface area contributed by atoms with Crippen LogP contribution in [0.5, 0.6) is 0 Å². The molecule has 0 saturated carbocycles. The standard InChI is InChI=1S/C10H15N/c1-5-6-9(2)7-10(3)8-11-4/h5-8H,2H2,1,3-4H3/b6-5-,10-7-,11-8?. The van der Waals surface area contributed by atoms with Gasteiger partial charge in [0.1, 0.15) is 0 Å². The SMILES string of the molecule is C=C(/C=C\C)/C=C(/C)C=NC. The minimum atomic E-state index is 1.00. The van der Waals surface area contributed by atoms with Crippen LogP contribution in [0, 0.1) is 0 Å². The summed E-state index contributed by atoms with van der Waals surface area (Å²) in [5.74, 6) is 0. The Hall–Kier alpha value is -1.11. The number of hydrogen-bond donors (Lipinski definition) is 0. The highest BCUT2D eigenvalue weighted by molar-refractivity contribution is 5.78. The Balaban J connectivity index is 4.19. The van der Waals surface area contributed by atoms with Crippen LogP contribution in [-0.2, 0) is 0 Å². The van der Waals surface area contributed by atoms with E-state index >= 15 is 0 Å². The quantitative estimate of drug-likeness (QED) is 0.432. The number of rotatable bonds is 3. The molecule has 0 fully saturated rings. The Morgan fingerprint density at radius 3 is 2.55 bits per heavy atom. The first kappa shape index (κ1) is 9.89. The lowest BCUT2D eigenvalue weighted by atomic mass is 10.2. The van der Waals surface area contributed by atoms with Crippen molar-refractivity contribution in [3.05, 3.63) is 36.0 Å². The summed E-state index contributed by atoms with van der Waals surface area (Å²) in [6.07, 6.45) is 7.74. The first-order valence-electron chi connectivity index (χ1n) is 3.62. The van der Waals surface area contributed by atoms with Crippen molar-refractivity contribution in [2.45, 2.75) is 13.8 Å². The van der Waals surface area contributed by atoms with E-state index in [0.717, 1.165) is 11.1 Å². The van der Waals surface area contributed by atoms with E-state index < -0.39 is 0 Å². The summed E-state index contributed by atoms with van der Waals surface area (Å²) in [6.45, 7) is 7.82. The minimum Gasteiger partial charge on any atom is -0.296 e. The molecule has 0 aliphatic rings. The zero-order chi connectivity index (χ0) is 8.69. The lowest BCUT2D eigenvalue weighted by Gasteiger charge is -1.91. The second-order valence-electron chi connectivity index (χ2n) is 2.35. The van der Waals surface area contributed by atoms with Gasteiger partial charge in [-0.3, -0.25) is 4.99 Å². The smallest absolute Gasteiger partial charge is 0.0277 e. The molecular formula is C10H15N. The maximum absolute atomic E-state index is 3.89. The first-order chi connectivity index (χ1) is 5.20. The normalized spacial score (nSPS) is 13.2. The zero-order valence-electron chi connectivity index (χ0n) is 7.46. The van der Waals surface area contributed by atoms with Crippen molar-refractivity contribution in [2.75, 3.05) is 7.05 Å². The summed E-state index contributed by atoms with van der Waals surface area (Å²) in [5.41, 5.74) is 2.13. The molecule has 0 rings (SSSR count). The fraction of sp³-hybridized carbons (Fsp3) is 0.300. The molecule has 0 aromatic carbocycles. The Morgan fingerprint density at radius 2 is 2.09 bits per heavy atom. The highest BCUT2D eigenvalue weighted by atomic mass is 14.6. The molecule has 60 valence electrons. The zero-order valence-corrected chi connectivity index (χ0v) is 7.46. The largest absolute Gasteiger partial charge is 0.296 e. The molecule has 0 atom stereocenters. The van der Waals surface area contributed by atoms with Gasteiger partial charge in [0.15, 0.2) is 0 Å². The molecule has 0 N–H and O–H groups in total. The first-order valence-corrected chi connectivity index (χ1v) is 3.62. The fourth-order valence-corrected chi connectivity index (χ4v) is 0.796. The van der Waals surface area contributed by atoms with Crippen LogP contribution >= 0.6 is 0 Å². The maximum Gasteiger partial charge on any atom is 0.0277 e. The summed E-state index contributed by atoms with van der Waals surface area (Å²) < 4.78 is 0. The summed E-state index contributed by atoms with van der Waals surface area (Å²) in [7, 11) is 1.76. The van der Waals surface area contributed by atoms with Gasteiger partial charge in [-0.1, -0.05) is 24.8 Å². The second-order valence-corrected chi connectivity index (χ2v) is 2.35. The predicted molar refractivity (Wildman–Crippen MR) is 52.1 cm³/mol. The van der Waals surface area contributed by atoms with Crippen LogP contribution in [0.4, 0.5) is 0 Å². The molecule has 1 heteroatoms. The molecule has 0 spiro atoms. The lowest BCUT2D eigenvalue weighted by molar-refractivity contribution is 1.44. The number of hydrogen-bond acceptors (Lipinski definition) is 1. The summed E-state index contributed by atoms with van der Waals surface area (Å²) in [5, 5.41) is 0. The maximum atomic E-state index is 3.89. The third kappa shape index (κ3) is 5.34. The summed E-state index contributed by atoms with van der Waals surface area (Å²) in [4.78, 5) is 3.89. The van der Waals surface area contributed by atoms with E-state index in [1.54, 1.807) is 7.05 Å². The van der Waals surface area contributed by atoms with Crippen LogP contribution in [-0.4, -0.2) is 13.3 Å². The van der Waals surface area contributed by atoms with Crippen LogP contribution in [0.15, 0.2) is 40.9 Å². The molecule has 11 heavy (non-hydrogen) atoms. The van der Waals surface area contributed by atoms with E-state index in [4.69, 9.17) is 0 Å². The molecule has 0 saturated heterocycles. The van der Waals surface area contributed by atoms with Gasteiger partial charge < -0.3 is 0 Å². The van der Waals surface area contributed by atoms with Crippen LogP contribution in [0.1, 0.15) is 13.8 Å². The van der Waals surface area contributed by atoms with Crippen molar-refractivity contribution < 1.29 is 0 Å². The van der Waals surface area contributed by atoms with Crippen molar-refractivity contribution >= 4 is 6.21 Å². The molecule has 0 amide bonds. The predicted octanol–water partition coefficient (Wildman–Crippen LogP) is 2.77. The molecule has 0 heterocycles. The van der Waals surface area contributed by atoms with Crippen molar-refractivity contribution in [3.63, 3.8) is 0 Å². The number of allylic oxidation sites excluding steroid dienone is 5. The lowest BCUT2D eigenvalue weighted by Crippen LogP contribution is -1.77. The third-order valence-corrected chi connectivity index (χ3v) is 1.13. The Morgan fingerprint density at radius 1 is 1.45 bits per heavy atom. The van der Waals surface area contributed by atoms with E-state index in [-0.39, 0.29) is 0 Å². The van der Waals surface area contributed by atoms with Crippen LogP contribution in [0.3, 0.4) is 0 Å². The van der Waals surface area contributed by atoms with Gasteiger partial charge in [0.25, 0.3) is 0 Å². The molecular weight excluding hydrogens is 134 g/mol. The molecule has 0 aliphatic heterocycles. The molecule has 0 unspecified atom stereocenters. The summed E-state index contributed by atoms with van der Waals surface area (Å²) >= 11 is 0. The number of nitrogens with zero attached hydrogens (tertiary/aromatic N) is 1. The highest BCUT2D eigenvalue weighted by Gasteiger charge is 1.82. The topological polar surface area (TPSA) is 12.4 Å². The fourth-order valence-electron chi connectivity index (χ4n) is 0.796. The van der Waals surface area contributed by atoms with Crippen molar-refractivity contribution in [1.29, 1.82) is 0 Å². The molecule has 0 aromatic rings. The monoisotopic (exact) mass is 149 g/mol. The number of aliphatic imine (C=N–C) groups is 1. The minimum absolute atomic E-state index is 1.00. The van der Waals surface area contributed by atoms with E-state index in [2.05, 4.69) is 11.6 Å². The van der Waals surface area contributed by atoms with Crippen LogP contribution < -0.4 is 0 Å². The molecule has 0 radical (unpaired) electrons. The van der Waals surface area contributed by atoms with Crippen LogP contribution in [0.2, 0.25) is 0 Å². The Kier molecular flexibility index (Phi) is 5.09. The van der Waals surface area contributed by atoms with E-state index in [0.29, 0.717) is 0 Å². The van der Waals surface area contributed by atoms with Gasteiger partial charge in [0.05, 0.1) is 0 Å².